The number of hydrogen-bond donors (Lipinski definition) is 0. The average Bonchev–Trinajstić information content (AvgIpc) is 3.05. The molecule has 0 aliphatic heterocycles. The van der Waals surface area contributed by atoms with E-state index in [0.29, 0.717) is 11.3 Å². The van der Waals surface area contributed by atoms with Gasteiger partial charge in [-0.05, 0) is 57.6 Å². The van der Waals surface area contributed by atoms with E-state index in [1.54, 1.807) is 7.11 Å². The molecule has 0 heterocycles. The molecule has 0 unspecified atom stereocenters. The van der Waals surface area contributed by atoms with Crippen LogP contribution >= 0.6 is 0 Å². The highest BCUT2D eigenvalue weighted by Gasteiger charge is 2.46. The Balaban J connectivity index is 1.98. The summed E-state index contributed by atoms with van der Waals surface area (Å²) in [5.41, 5.74) is 4.52. The van der Waals surface area contributed by atoms with Crippen LogP contribution in [0.25, 0.3) is 11.1 Å². The minimum atomic E-state index is -0.852. The van der Waals surface area contributed by atoms with Crippen molar-refractivity contribution in [1.29, 1.82) is 0 Å². The van der Waals surface area contributed by atoms with Crippen molar-refractivity contribution in [3.63, 3.8) is 0 Å². The maximum atomic E-state index is 14.5. The van der Waals surface area contributed by atoms with Crippen molar-refractivity contribution in [3.05, 3.63) is 125 Å². The van der Waals surface area contributed by atoms with Crippen LogP contribution in [0.2, 0.25) is 0 Å². The Hall–Kier alpha value is -3.46. The molecule has 0 amide bonds. The van der Waals surface area contributed by atoms with Gasteiger partial charge in [-0.25, -0.2) is 8.78 Å². The second-order valence-electron chi connectivity index (χ2n) is 7.21. The van der Waals surface area contributed by atoms with E-state index in [9.17, 15) is 8.78 Å². The molecule has 1 aliphatic carbocycles. The van der Waals surface area contributed by atoms with Crippen LogP contribution in [-0.2, 0) is 5.41 Å². The average molecular weight is 384 g/mol. The molecule has 0 saturated heterocycles. The minimum Gasteiger partial charge on any atom is -0.497 e. The lowest BCUT2D eigenvalue weighted by Gasteiger charge is -2.33. The molecule has 5 rings (SSSR count). The number of halogens is 2. The maximum absolute atomic E-state index is 14.5. The molecule has 142 valence electrons. The van der Waals surface area contributed by atoms with Crippen molar-refractivity contribution in [1.82, 2.24) is 0 Å². The third-order valence-electron chi connectivity index (χ3n) is 5.80. The van der Waals surface area contributed by atoms with Crippen LogP contribution in [0.15, 0.2) is 91.0 Å². The third kappa shape index (κ3) is 2.44. The van der Waals surface area contributed by atoms with Crippen LogP contribution in [-0.4, -0.2) is 7.11 Å². The topological polar surface area (TPSA) is 9.23 Å². The zero-order chi connectivity index (χ0) is 20.0. The summed E-state index contributed by atoms with van der Waals surface area (Å²) in [5, 5.41) is 0. The maximum Gasteiger partial charge on any atom is 0.159 e. The van der Waals surface area contributed by atoms with Crippen molar-refractivity contribution >= 4 is 0 Å². The van der Waals surface area contributed by atoms with Crippen LogP contribution in [0.1, 0.15) is 22.3 Å². The molecule has 0 saturated carbocycles. The molecule has 3 heteroatoms. The van der Waals surface area contributed by atoms with Crippen molar-refractivity contribution in [2.45, 2.75) is 5.41 Å². The van der Waals surface area contributed by atoms with Crippen LogP contribution in [0.5, 0.6) is 5.75 Å². The Morgan fingerprint density at radius 1 is 0.621 bits per heavy atom. The molecule has 0 N–H and O–H groups in total. The molecular formula is C26H18F2O. The van der Waals surface area contributed by atoms with Gasteiger partial charge in [0.05, 0.1) is 12.5 Å². The fourth-order valence-electron chi connectivity index (χ4n) is 4.59. The fraction of sp³-hybridized carbons (Fsp3) is 0.0769. The van der Waals surface area contributed by atoms with Gasteiger partial charge in [0.25, 0.3) is 0 Å². The van der Waals surface area contributed by atoms with Crippen molar-refractivity contribution in [3.8, 4) is 16.9 Å². The van der Waals surface area contributed by atoms with E-state index in [2.05, 4.69) is 0 Å². The molecule has 0 bridgehead atoms. The summed E-state index contributed by atoms with van der Waals surface area (Å²) < 4.78 is 34.2. The van der Waals surface area contributed by atoms with Gasteiger partial charge in [0.15, 0.2) is 11.6 Å². The lowest BCUT2D eigenvalue weighted by molar-refractivity contribution is 0.415. The summed E-state index contributed by atoms with van der Waals surface area (Å²) in [6.07, 6.45) is 0. The highest BCUT2D eigenvalue weighted by atomic mass is 19.2. The molecule has 1 aliphatic rings. The molecule has 0 atom stereocenters. The van der Waals surface area contributed by atoms with Crippen molar-refractivity contribution < 1.29 is 13.5 Å². The first-order valence-corrected chi connectivity index (χ1v) is 9.45. The number of ether oxygens (including phenoxy) is 1. The van der Waals surface area contributed by atoms with Crippen LogP contribution in [0.3, 0.4) is 0 Å². The summed E-state index contributed by atoms with van der Waals surface area (Å²) in [5.74, 6) is -1.02. The van der Waals surface area contributed by atoms with Gasteiger partial charge in [-0.2, -0.15) is 0 Å². The zero-order valence-electron chi connectivity index (χ0n) is 15.8. The number of rotatable bonds is 3. The van der Waals surface area contributed by atoms with E-state index in [0.717, 1.165) is 27.8 Å². The molecular weight excluding hydrogens is 366 g/mol. The van der Waals surface area contributed by atoms with Gasteiger partial charge in [0, 0.05) is 0 Å². The van der Waals surface area contributed by atoms with E-state index in [4.69, 9.17) is 4.74 Å². The molecule has 0 aromatic heterocycles. The van der Waals surface area contributed by atoms with Crippen LogP contribution < -0.4 is 4.74 Å². The SMILES string of the molecule is COc1ccc2c(c1)-c1cc(F)c(F)cc1C2(c1ccccc1)c1ccccc1. The van der Waals surface area contributed by atoms with Gasteiger partial charge in [-0.1, -0.05) is 66.7 Å². The normalized spacial score (nSPS) is 13.6. The van der Waals surface area contributed by atoms with Crippen molar-refractivity contribution in [2.24, 2.45) is 0 Å². The van der Waals surface area contributed by atoms with Crippen LogP contribution in [0, 0.1) is 11.6 Å². The van der Waals surface area contributed by atoms with Gasteiger partial charge < -0.3 is 4.74 Å². The monoisotopic (exact) mass is 384 g/mol. The Kier molecular flexibility index (Phi) is 3.99. The number of fused-ring (bicyclic) bond motifs is 3. The second kappa shape index (κ2) is 6.56. The largest absolute Gasteiger partial charge is 0.497 e. The Morgan fingerprint density at radius 2 is 1.17 bits per heavy atom. The first-order chi connectivity index (χ1) is 14.2. The first kappa shape index (κ1) is 17.6. The quantitative estimate of drug-likeness (QED) is 0.353. The third-order valence-corrected chi connectivity index (χ3v) is 5.80. The predicted molar refractivity (Wildman–Crippen MR) is 110 cm³/mol. The smallest absolute Gasteiger partial charge is 0.159 e. The van der Waals surface area contributed by atoms with Gasteiger partial charge in [-0.15, -0.1) is 0 Å². The second-order valence-corrected chi connectivity index (χ2v) is 7.21. The summed E-state index contributed by atoms with van der Waals surface area (Å²) in [7, 11) is 1.60. The number of methoxy groups -OCH3 is 1. The molecule has 4 aromatic rings. The van der Waals surface area contributed by atoms with Gasteiger partial charge in [0.2, 0.25) is 0 Å². The Labute approximate surface area is 168 Å². The Morgan fingerprint density at radius 3 is 1.76 bits per heavy atom. The van der Waals surface area contributed by atoms with Crippen molar-refractivity contribution in [2.75, 3.05) is 7.11 Å². The number of benzene rings is 4. The lowest BCUT2D eigenvalue weighted by atomic mass is 9.68. The first-order valence-electron chi connectivity index (χ1n) is 9.45. The van der Waals surface area contributed by atoms with Gasteiger partial charge in [-0.3, -0.25) is 0 Å². The molecule has 0 spiro atoms. The van der Waals surface area contributed by atoms with Crippen LogP contribution in [0.4, 0.5) is 8.78 Å². The summed E-state index contributed by atoms with van der Waals surface area (Å²) >= 11 is 0. The molecule has 29 heavy (non-hydrogen) atoms. The van der Waals surface area contributed by atoms with E-state index in [1.807, 2.05) is 78.9 Å². The van der Waals surface area contributed by atoms with E-state index in [-0.39, 0.29) is 0 Å². The molecule has 0 radical (unpaired) electrons. The van der Waals surface area contributed by atoms with Gasteiger partial charge >= 0.3 is 0 Å². The molecule has 0 fully saturated rings. The summed E-state index contributed by atoms with van der Waals surface area (Å²) in [6.45, 7) is 0. The Bertz CT molecular complexity index is 1160. The standard InChI is InChI=1S/C26H18F2O/c1-29-19-12-13-22-20(14-19)21-15-24(27)25(28)16-23(21)26(22,17-8-4-2-5-9-17)18-10-6-3-7-11-18/h2-16H,1H3. The summed E-state index contributed by atoms with van der Waals surface area (Å²) in [4.78, 5) is 0. The fourth-order valence-corrected chi connectivity index (χ4v) is 4.59. The lowest BCUT2D eigenvalue weighted by Crippen LogP contribution is -2.28. The molecule has 1 nitrogen and oxygen atoms in total. The van der Waals surface area contributed by atoms with E-state index < -0.39 is 17.0 Å². The highest BCUT2D eigenvalue weighted by molar-refractivity contribution is 5.87. The highest BCUT2D eigenvalue weighted by Crippen LogP contribution is 2.56. The van der Waals surface area contributed by atoms with E-state index >= 15 is 0 Å². The zero-order valence-corrected chi connectivity index (χ0v) is 15.8. The van der Waals surface area contributed by atoms with Gasteiger partial charge in [0.1, 0.15) is 5.75 Å². The minimum absolute atomic E-state index is 0.677. The summed E-state index contributed by atoms with van der Waals surface area (Å²) in [6, 6.07) is 28.4. The number of hydrogen-bond acceptors (Lipinski definition) is 1. The predicted octanol–water partition coefficient (Wildman–Crippen LogP) is 6.34. The van der Waals surface area contributed by atoms with E-state index in [1.165, 1.54) is 12.1 Å². The molecule has 4 aromatic carbocycles.